The number of hydrogen-bond acceptors (Lipinski definition) is 4. The van der Waals surface area contributed by atoms with Gasteiger partial charge in [0.15, 0.2) is 0 Å². The molecule has 1 aliphatic heterocycles. The molecule has 72 valence electrons. The Morgan fingerprint density at radius 3 is 3.00 bits per heavy atom. The molecule has 2 amide bonds. The molecule has 5 heteroatoms. The first kappa shape index (κ1) is 9.21. The number of nitrogens with zero attached hydrogens (tertiary/aromatic N) is 1. The number of hydrogen-bond donors (Lipinski definition) is 1. The van der Waals surface area contributed by atoms with Crippen molar-refractivity contribution in [3.63, 3.8) is 0 Å². The topological polar surface area (TPSA) is 59.1 Å². The first-order valence-corrected chi connectivity index (χ1v) is 5.17. The molecule has 1 N–H and O–H groups in total. The Labute approximate surface area is 85.1 Å². The Balaban J connectivity index is 2.20. The van der Waals surface area contributed by atoms with E-state index < -0.39 is 0 Å². The van der Waals surface area contributed by atoms with Gasteiger partial charge in [0.25, 0.3) is 0 Å². The number of aromatic nitrogens is 1. The van der Waals surface area contributed by atoms with Crippen LogP contribution in [0.3, 0.4) is 0 Å². The van der Waals surface area contributed by atoms with E-state index in [9.17, 15) is 9.59 Å². The van der Waals surface area contributed by atoms with Crippen LogP contribution in [0.5, 0.6) is 0 Å². The number of nitrogens with one attached hydrogen (secondary N) is 1. The van der Waals surface area contributed by atoms with Crippen molar-refractivity contribution >= 4 is 23.6 Å². The van der Waals surface area contributed by atoms with Gasteiger partial charge in [0, 0.05) is 12.4 Å². The van der Waals surface area contributed by atoms with Crippen LogP contribution >= 0.6 is 11.8 Å². The zero-order chi connectivity index (χ0) is 9.97. The van der Waals surface area contributed by atoms with Crippen molar-refractivity contribution in [2.75, 3.05) is 5.75 Å². The molecule has 14 heavy (non-hydrogen) atoms. The Kier molecular flexibility index (Phi) is 2.49. The van der Waals surface area contributed by atoms with Gasteiger partial charge < -0.3 is 0 Å². The maximum absolute atomic E-state index is 11.4. The lowest BCUT2D eigenvalue weighted by Gasteiger charge is -2.19. The van der Waals surface area contributed by atoms with E-state index in [2.05, 4.69) is 10.3 Å². The van der Waals surface area contributed by atoms with E-state index >= 15 is 0 Å². The third kappa shape index (κ3) is 1.77. The van der Waals surface area contributed by atoms with Crippen molar-refractivity contribution in [2.24, 2.45) is 0 Å². The van der Waals surface area contributed by atoms with Crippen LogP contribution in [-0.4, -0.2) is 22.6 Å². The smallest absolute Gasteiger partial charge is 0.244 e. The van der Waals surface area contributed by atoms with Gasteiger partial charge >= 0.3 is 0 Å². The van der Waals surface area contributed by atoms with Gasteiger partial charge in [-0.25, -0.2) is 0 Å². The third-order valence-corrected chi connectivity index (χ3v) is 3.12. The van der Waals surface area contributed by atoms with E-state index in [4.69, 9.17) is 0 Å². The molecule has 2 heterocycles. The van der Waals surface area contributed by atoms with Gasteiger partial charge in [0.05, 0.1) is 5.75 Å². The molecule has 0 bridgehead atoms. The lowest BCUT2D eigenvalue weighted by Crippen LogP contribution is -2.39. The molecule has 1 aliphatic rings. The van der Waals surface area contributed by atoms with E-state index in [0.717, 1.165) is 5.56 Å². The molecule has 0 aliphatic carbocycles. The highest BCUT2D eigenvalue weighted by atomic mass is 32.2. The van der Waals surface area contributed by atoms with Crippen molar-refractivity contribution in [3.8, 4) is 0 Å². The fraction of sp³-hybridized carbons (Fsp3) is 0.222. The summed E-state index contributed by atoms with van der Waals surface area (Å²) < 4.78 is 0. The quantitative estimate of drug-likeness (QED) is 0.683. The van der Waals surface area contributed by atoms with E-state index in [1.54, 1.807) is 18.5 Å². The number of pyridine rings is 1. The summed E-state index contributed by atoms with van der Waals surface area (Å²) >= 11 is 1.33. The predicted octanol–water partition coefficient (Wildman–Crippen LogP) is 0.512. The lowest BCUT2D eigenvalue weighted by molar-refractivity contribution is -0.129. The molecule has 1 fully saturated rings. The fourth-order valence-electron chi connectivity index (χ4n) is 1.25. The average Bonchev–Trinajstić information content (AvgIpc) is 2.19. The van der Waals surface area contributed by atoms with Crippen molar-refractivity contribution in [1.82, 2.24) is 10.3 Å². The molecule has 1 atom stereocenters. The maximum Gasteiger partial charge on any atom is 0.244 e. The maximum atomic E-state index is 11.4. The Bertz CT molecular complexity index is 366. The summed E-state index contributed by atoms with van der Waals surface area (Å²) in [5, 5.41) is 2.00. The average molecular weight is 208 g/mol. The molecule has 0 spiro atoms. The molecule has 1 unspecified atom stereocenters. The highest BCUT2D eigenvalue weighted by Gasteiger charge is 2.28. The van der Waals surface area contributed by atoms with Crippen molar-refractivity contribution < 1.29 is 9.59 Å². The molecule has 1 aromatic rings. The van der Waals surface area contributed by atoms with Crippen molar-refractivity contribution in [3.05, 3.63) is 30.1 Å². The number of amides is 2. The lowest BCUT2D eigenvalue weighted by atomic mass is 10.2. The number of carbonyl (C=O) groups is 2. The molecule has 4 nitrogen and oxygen atoms in total. The Morgan fingerprint density at radius 2 is 2.36 bits per heavy atom. The zero-order valence-corrected chi connectivity index (χ0v) is 8.08. The second-order valence-corrected chi connectivity index (χ2v) is 3.98. The molecule has 2 rings (SSSR count). The summed E-state index contributed by atoms with van der Waals surface area (Å²) in [4.78, 5) is 26.2. The minimum Gasteiger partial charge on any atom is -0.294 e. The summed E-state index contributed by atoms with van der Waals surface area (Å²) in [6.07, 6.45) is 3.30. The summed E-state index contributed by atoms with van der Waals surface area (Å²) in [6, 6.07) is 3.61. The highest BCUT2D eigenvalue weighted by molar-refractivity contribution is 8.01. The van der Waals surface area contributed by atoms with Crippen molar-refractivity contribution in [1.29, 1.82) is 0 Å². The van der Waals surface area contributed by atoms with E-state index in [-0.39, 0.29) is 17.1 Å². The SMILES string of the molecule is O=C1CSC(c2cccnc2)C(=O)N1. The van der Waals surface area contributed by atoms with Crippen LogP contribution in [-0.2, 0) is 9.59 Å². The molecule has 1 aromatic heterocycles. The van der Waals surface area contributed by atoms with Crippen molar-refractivity contribution in [2.45, 2.75) is 5.25 Å². The zero-order valence-electron chi connectivity index (χ0n) is 7.27. The van der Waals surface area contributed by atoms with Gasteiger partial charge in [-0.2, -0.15) is 0 Å². The van der Waals surface area contributed by atoms with Crippen LogP contribution in [0.1, 0.15) is 10.8 Å². The van der Waals surface area contributed by atoms with Gasteiger partial charge in [-0.3, -0.25) is 19.9 Å². The summed E-state index contributed by atoms with van der Waals surface area (Å²) in [5.74, 6) is -0.148. The fourth-order valence-corrected chi connectivity index (χ4v) is 2.18. The first-order valence-electron chi connectivity index (χ1n) is 4.12. The monoisotopic (exact) mass is 208 g/mol. The normalized spacial score (nSPS) is 21.9. The second kappa shape index (κ2) is 3.79. The van der Waals surface area contributed by atoms with E-state index in [1.807, 2.05) is 6.07 Å². The van der Waals surface area contributed by atoms with Crippen LogP contribution in [0.2, 0.25) is 0 Å². The van der Waals surface area contributed by atoms with Gasteiger partial charge in [-0.15, -0.1) is 11.8 Å². The van der Waals surface area contributed by atoms with Crippen LogP contribution in [0, 0.1) is 0 Å². The largest absolute Gasteiger partial charge is 0.294 e. The highest BCUT2D eigenvalue weighted by Crippen LogP contribution is 2.30. The van der Waals surface area contributed by atoms with Crippen LogP contribution in [0.15, 0.2) is 24.5 Å². The van der Waals surface area contributed by atoms with Crippen LogP contribution in [0.4, 0.5) is 0 Å². The molecule has 1 saturated heterocycles. The first-order chi connectivity index (χ1) is 6.77. The number of rotatable bonds is 1. The molecule has 0 saturated carbocycles. The minimum absolute atomic E-state index is 0.222. The number of thioether (sulfide) groups is 1. The standard InChI is InChI=1S/C9H8N2O2S/c12-7-5-14-8(9(13)11-7)6-2-1-3-10-4-6/h1-4,8H,5H2,(H,11,12,13). The van der Waals surface area contributed by atoms with Crippen LogP contribution in [0.25, 0.3) is 0 Å². The van der Waals surface area contributed by atoms with Gasteiger partial charge in [-0.1, -0.05) is 6.07 Å². The molecule has 0 radical (unpaired) electrons. The van der Waals surface area contributed by atoms with Gasteiger partial charge in [0.2, 0.25) is 11.8 Å². The molecular formula is C9H8N2O2S. The number of imide groups is 1. The van der Waals surface area contributed by atoms with Gasteiger partial charge in [0.1, 0.15) is 5.25 Å². The second-order valence-electron chi connectivity index (χ2n) is 2.89. The molecule has 0 aromatic carbocycles. The summed E-state index contributed by atoms with van der Waals surface area (Å²) in [6.45, 7) is 0. The predicted molar refractivity (Wildman–Crippen MR) is 52.6 cm³/mol. The molecular weight excluding hydrogens is 200 g/mol. The summed E-state index contributed by atoms with van der Waals surface area (Å²) in [7, 11) is 0. The minimum atomic E-state index is -0.304. The Hall–Kier alpha value is -1.36. The van der Waals surface area contributed by atoms with Crippen LogP contribution < -0.4 is 5.32 Å². The Morgan fingerprint density at radius 1 is 1.50 bits per heavy atom. The summed E-state index contributed by atoms with van der Waals surface area (Å²) in [5.41, 5.74) is 0.836. The van der Waals surface area contributed by atoms with E-state index in [1.165, 1.54) is 11.8 Å². The number of carbonyl (C=O) groups excluding carboxylic acids is 2. The van der Waals surface area contributed by atoms with Gasteiger partial charge in [-0.05, 0) is 11.6 Å². The van der Waals surface area contributed by atoms with E-state index in [0.29, 0.717) is 5.75 Å². The third-order valence-electron chi connectivity index (χ3n) is 1.87.